The lowest BCUT2D eigenvalue weighted by Gasteiger charge is -2.06. The van der Waals surface area contributed by atoms with E-state index in [0.29, 0.717) is 12.3 Å². The topological polar surface area (TPSA) is 69.3 Å². The van der Waals surface area contributed by atoms with Gasteiger partial charge in [-0.1, -0.05) is 12.1 Å². The molecule has 0 aliphatic heterocycles. The van der Waals surface area contributed by atoms with Crippen molar-refractivity contribution in [3.8, 4) is 5.75 Å². The number of carbonyl (C=O) groups is 1. The summed E-state index contributed by atoms with van der Waals surface area (Å²) < 4.78 is 13.9. The summed E-state index contributed by atoms with van der Waals surface area (Å²) in [5.74, 6) is 1.29. The van der Waals surface area contributed by atoms with Crippen molar-refractivity contribution >= 4 is 21.8 Å². The second-order valence-electron chi connectivity index (χ2n) is 5.31. The SMILES string of the molecule is CCn1nccc1CNC(=O)c1ccc(COc2ccccc2Br)o1. The minimum absolute atomic E-state index is 0.249. The van der Waals surface area contributed by atoms with Crippen molar-refractivity contribution in [2.75, 3.05) is 0 Å². The molecule has 3 rings (SSSR count). The van der Waals surface area contributed by atoms with E-state index in [1.165, 1.54) is 0 Å². The van der Waals surface area contributed by atoms with Gasteiger partial charge in [0.2, 0.25) is 0 Å². The Labute approximate surface area is 153 Å². The van der Waals surface area contributed by atoms with Gasteiger partial charge >= 0.3 is 0 Å². The maximum atomic E-state index is 12.2. The predicted molar refractivity (Wildman–Crippen MR) is 96.3 cm³/mol. The Morgan fingerprint density at radius 3 is 2.92 bits per heavy atom. The van der Waals surface area contributed by atoms with Crippen molar-refractivity contribution < 1.29 is 13.9 Å². The van der Waals surface area contributed by atoms with Gasteiger partial charge in [-0.25, -0.2) is 0 Å². The van der Waals surface area contributed by atoms with Gasteiger partial charge in [-0.3, -0.25) is 9.48 Å². The van der Waals surface area contributed by atoms with Crippen LogP contribution in [0.4, 0.5) is 0 Å². The minimum Gasteiger partial charge on any atom is -0.484 e. The molecule has 1 aromatic carbocycles. The van der Waals surface area contributed by atoms with E-state index < -0.39 is 0 Å². The molecule has 0 aliphatic rings. The number of para-hydroxylation sites is 1. The fourth-order valence-electron chi connectivity index (χ4n) is 2.34. The Morgan fingerprint density at radius 2 is 2.12 bits per heavy atom. The number of aromatic nitrogens is 2. The molecule has 1 N–H and O–H groups in total. The van der Waals surface area contributed by atoms with Crippen molar-refractivity contribution in [3.63, 3.8) is 0 Å². The van der Waals surface area contributed by atoms with E-state index in [1.807, 2.05) is 41.9 Å². The van der Waals surface area contributed by atoms with Crippen molar-refractivity contribution in [3.05, 3.63) is 70.3 Å². The van der Waals surface area contributed by atoms with Crippen LogP contribution in [-0.2, 0) is 19.7 Å². The number of hydrogen-bond acceptors (Lipinski definition) is 4. The average Bonchev–Trinajstić information content (AvgIpc) is 3.28. The molecule has 7 heteroatoms. The Balaban J connectivity index is 1.55. The van der Waals surface area contributed by atoms with Gasteiger partial charge in [-0.15, -0.1) is 0 Å². The number of nitrogens with one attached hydrogen (secondary N) is 1. The normalized spacial score (nSPS) is 10.6. The molecule has 1 amide bonds. The first-order valence-electron chi connectivity index (χ1n) is 7.92. The first kappa shape index (κ1) is 17.3. The zero-order valence-corrected chi connectivity index (χ0v) is 15.3. The van der Waals surface area contributed by atoms with Gasteiger partial charge < -0.3 is 14.5 Å². The summed E-state index contributed by atoms with van der Waals surface area (Å²) in [6.45, 7) is 3.41. The molecular formula is C18H18BrN3O3. The maximum Gasteiger partial charge on any atom is 0.287 e. The van der Waals surface area contributed by atoms with Gasteiger partial charge in [0.15, 0.2) is 5.76 Å². The van der Waals surface area contributed by atoms with Crippen LogP contribution in [0.1, 0.15) is 28.9 Å². The number of furan rings is 1. The number of hydrogen-bond donors (Lipinski definition) is 1. The van der Waals surface area contributed by atoms with Crippen molar-refractivity contribution in [2.45, 2.75) is 26.6 Å². The summed E-state index contributed by atoms with van der Waals surface area (Å²) in [7, 11) is 0. The molecule has 0 spiro atoms. The number of carbonyl (C=O) groups excluding carboxylic acids is 1. The summed E-state index contributed by atoms with van der Waals surface area (Å²) in [6.07, 6.45) is 1.72. The van der Waals surface area contributed by atoms with Gasteiger partial charge in [0.05, 0.1) is 16.7 Å². The molecule has 25 heavy (non-hydrogen) atoms. The molecule has 2 heterocycles. The Morgan fingerprint density at radius 1 is 1.28 bits per heavy atom. The molecular weight excluding hydrogens is 386 g/mol. The van der Waals surface area contributed by atoms with Gasteiger partial charge in [0.1, 0.15) is 18.1 Å². The number of amides is 1. The smallest absolute Gasteiger partial charge is 0.287 e. The summed E-state index contributed by atoms with van der Waals surface area (Å²) in [6, 6.07) is 12.8. The molecule has 0 saturated heterocycles. The molecule has 0 unspecified atom stereocenters. The highest BCUT2D eigenvalue weighted by atomic mass is 79.9. The highest BCUT2D eigenvalue weighted by molar-refractivity contribution is 9.10. The second kappa shape index (κ2) is 8.02. The predicted octanol–water partition coefficient (Wildman–Crippen LogP) is 3.77. The molecule has 0 fully saturated rings. The number of benzene rings is 1. The third-order valence-electron chi connectivity index (χ3n) is 3.63. The van der Waals surface area contributed by atoms with Crippen LogP contribution in [0.25, 0.3) is 0 Å². The molecule has 3 aromatic rings. The van der Waals surface area contributed by atoms with E-state index in [2.05, 4.69) is 26.3 Å². The fraction of sp³-hybridized carbons (Fsp3) is 0.222. The van der Waals surface area contributed by atoms with E-state index in [9.17, 15) is 4.79 Å². The highest BCUT2D eigenvalue weighted by Crippen LogP contribution is 2.25. The Bertz CT molecular complexity index is 857. The van der Waals surface area contributed by atoms with E-state index in [-0.39, 0.29) is 18.3 Å². The molecule has 0 bridgehead atoms. The largest absolute Gasteiger partial charge is 0.484 e. The van der Waals surface area contributed by atoms with Crippen LogP contribution < -0.4 is 10.1 Å². The van der Waals surface area contributed by atoms with E-state index in [4.69, 9.17) is 9.15 Å². The molecule has 0 radical (unpaired) electrons. The highest BCUT2D eigenvalue weighted by Gasteiger charge is 2.12. The number of nitrogens with zero attached hydrogens (tertiary/aromatic N) is 2. The molecule has 2 aromatic heterocycles. The summed E-state index contributed by atoms with van der Waals surface area (Å²) in [5, 5.41) is 7.00. The standard InChI is InChI=1S/C18H18BrN3O3/c1-2-22-13(9-10-21-22)11-20-18(23)17-8-7-14(25-17)12-24-16-6-4-3-5-15(16)19/h3-10H,2,11-12H2,1H3,(H,20,23). The van der Waals surface area contributed by atoms with Crippen molar-refractivity contribution in [1.29, 1.82) is 0 Å². The number of aryl methyl sites for hydroxylation is 1. The second-order valence-corrected chi connectivity index (χ2v) is 6.16. The monoisotopic (exact) mass is 403 g/mol. The first-order valence-corrected chi connectivity index (χ1v) is 8.71. The Hall–Kier alpha value is -2.54. The zero-order chi connectivity index (χ0) is 17.6. The number of ether oxygens (including phenoxy) is 1. The lowest BCUT2D eigenvalue weighted by atomic mass is 10.3. The first-order chi connectivity index (χ1) is 12.2. The number of halogens is 1. The third-order valence-corrected chi connectivity index (χ3v) is 4.28. The van der Waals surface area contributed by atoms with Crippen LogP contribution in [0.15, 0.2) is 57.6 Å². The fourth-order valence-corrected chi connectivity index (χ4v) is 2.74. The van der Waals surface area contributed by atoms with Crippen molar-refractivity contribution in [2.24, 2.45) is 0 Å². The van der Waals surface area contributed by atoms with Crippen LogP contribution in [0.5, 0.6) is 5.75 Å². The third kappa shape index (κ3) is 4.30. The van der Waals surface area contributed by atoms with Gasteiger partial charge in [-0.05, 0) is 53.2 Å². The van der Waals surface area contributed by atoms with Gasteiger partial charge in [0, 0.05) is 12.7 Å². The van der Waals surface area contributed by atoms with Gasteiger partial charge in [0.25, 0.3) is 5.91 Å². The van der Waals surface area contributed by atoms with Crippen LogP contribution in [0.2, 0.25) is 0 Å². The zero-order valence-electron chi connectivity index (χ0n) is 13.7. The number of rotatable bonds is 7. The molecule has 0 saturated carbocycles. The molecule has 130 valence electrons. The quantitative estimate of drug-likeness (QED) is 0.651. The van der Waals surface area contributed by atoms with Crippen LogP contribution in [0, 0.1) is 0 Å². The van der Waals surface area contributed by atoms with E-state index in [0.717, 1.165) is 22.5 Å². The van der Waals surface area contributed by atoms with Crippen molar-refractivity contribution in [1.82, 2.24) is 15.1 Å². The van der Waals surface area contributed by atoms with Crippen LogP contribution in [0.3, 0.4) is 0 Å². The minimum atomic E-state index is -0.268. The van der Waals surface area contributed by atoms with Crippen LogP contribution in [-0.4, -0.2) is 15.7 Å². The van der Waals surface area contributed by atoms with Gasteiger partial charge in [-0.2, -0.15) is 5.10 Å². The average molecular weight is 404 g/mol. The maximum absolute atomic E-state index is 12.2. The molecule has 6 nitrogen and oxygen atoms in total. The lowest BCUT2D eigenvalue weighted by molar-refractivity contribution is 0.0918. The summed E-state index contributed by atoms with van der Waals surface area (Å²) in [5.41, 5.74) is 0.944. The van der Waals surface area contributed by atoms with E-state index >= 15 is 0 Å². The molecule has 0 atom stereocenters. The van der Waals surface area contributed by atoms with Crippen LogP contribution >= 0.6 is 15.9 Å². The summed E-state index contributed by atoms with van der Waals surface area (Å²) >= 11 is 3.42. The van der Waals surface area contributed by atoms with E-state index in [1.54, 1.807) is 18.3 Å². The lowest BCUT2D eigenvalue weighted by Crippen LogP contribution is -2.24. The Kier molecular flexibility index (Phi) is 5.55. The summed E-state index contributed by atoms with van der Waals surface area (Å²) in [4.78, 5) is 12.2. The molecule has 0 aliphatic carbocycles.